The van der Waals surface area contributed by atoms with Gasteiger partial charge in [-0.1, -0.05) is 6.07 Å². The molecule has 10 nitrogen and oxygen atoms in total. The van der Waals surface area contributed by atoms with Crippen LogP contribution in [0.5, 0.6) is 5.75 Å². The smallest absolute Gasteiger partial charge is 0.258 e. The first-order valence-corrected chi connectivity index (χ1v) is 11.9. The second-order valence-electron chi connectivity index (χ2n) is 7.84. The molecule has 0 unspecified atom stereocenters. The number of hydrogen-bond acceptors (Lipinski definition) is 7. The van der Waals surface area contributed by atoms with E-state index in [4.69, 9.17) is 4.74 Å². The molecule has 0 saturated carbocycles. The summed E-state index contributed by atoms with van der Waals surface area (Å²) in [7, 11) is -0.227. The topological polar surface area (TPSA) is 119 Å². The molecule has 1 fully saturated rings. The number of rotatable bonds is 5. The van der Waals surface area contributed by atoms with Gasteiger partial charge in [0, 0.05) is 31.1 Å². The van der Waals surface area contributed by atoms with Gasteiger partial charge in [-0.15, -0.1) is 10.2 Å². The van der Waals surface area contributed by atoms with Gasteiger partial charge in [0.15, 0.2) is 5.65 Å². The zero-order valence-electron chi connectivity index (χ0n) is 18.1. The van der Waals surface area contributed by atoms with E-state index in [2.05, 4.69) is 20.5 Å². The van der Waals surface area contributed by atoms with E-state index >= 15 is 0 Å². The lowest BCUT2D eigenvalue weighted by molar-refractivity contribution is 0.102. The first kappa shape index (κ1) is 21.3. The number of aromatic nitrogens is 4. The molecule has 1 amide bonds. The van der Waals surface area contributed by atoms with Crippen molar-refractivity contribution in [2.24, 2.45) is 7.05 Å². The van der Waals surface area contributed by atoms with Gasteiger partial charge in [0.1, 0.15) is 11.3 Å². The van der Waals surface area contributed by atoms with Crippen LogP contribution >= 0.6 is 0 Å². The molecule has 2 aromatic carbocycles. The molecule has 1 aliphatic heterocycles. The van der Waals surface area contributed by atoms with Gasteiger partial charge in [-0.25, -0.2) is 8.42 Å². The third kappa shape index (κ3) is 3.68. The van der Waals surface area contributed by atoms with E-state index in [0.717, 1.165) is 18.4 Å². The normalized spacial score (nSPS) is 14.7. The Kier molecular flexibility index (Phi) is 5.22. The lowest BCUT2D eigenvalue weighted by atomic mass is 10.2. The van der Waals surface area contributed by atoms with Crippen LogP contribution in [0.1, 0.15) is 23.2 Å². The number of carbonyl (C=O) groups excluding carboxylic acids is 1. The van der Waals surface area contributed by atoms with Crippen LogP contribution in [0, 0.1) is 0 Å². The van der Waals surface area contributed by atoms with Gasteiger partial charge in [-0.2, -0.15) is 9.29 Å². The number of carbonyl (C=O) groups is 1. The number of sulfonamides is 1. The number of fused-ring (bicyclic) bond motifs is 3. The van der Waals surface area contributed by atoms with E-state index in [-0.39, 0.29) is 10.8 Å². The molecule has 1 aliphatic rings. The van der Waals surface area contributed by atoms with E-state index in [1.165, 1.54) is 11.4 Å². The molecule has 0 radical (unpaired) electrons. The molecule has 1 saturated heterocycles. The predicted octanol–water partition coefficient (Wildman–Crippen LogP) is 2.56. The third-order valence-electron chi connectivity index (χ3n) is 5.83. The Labute approximate surface area is 190 Å². The molecule has 33 heavy (non-hydrogen) atoms. The quantitative estimate of drug-likeness (QED) is 0.480. The van der Waals surface area contributed by atoms with Crippen LogP contribution in [-0.4, -0.2) is 58.6 Å². The van der Waals surface area contributed by atoms with E-state index in [9.17, 15) is 13.2 Å². The zero-order chi connectivity index (χ0) is 23.2. The third-order valence-corrected chi connectivity index (χ3v) is 7.73. The molecule has 0 aliphatic carbocycles. The van der Waals surface area contributed by atoms with Gasteiger partial charge >= 0.3 is 0 Å². The molecule has 3 heterocycles. The number of benzene rings is 2. The summed E-state index contributed by atoms with van der Waals surface area (Å²) in [5.74, 6) is 0.212. The molecule has 0 atom stereocenters. The largest absolute Gasteiger partial charge is 0.497 e. The summed E-state index contributed by atoms with van der Waals surface area (Å²) in [5.41, 5.74) is 2.11. The number of nitrogens with one attached hydrogen (secondary N) is 1. The van der Waals surface area contributed by atoms with Crippen LogP contribution in [0.15, 0.2) is 47.4 Å². The van der Waals surface area contributed by atoms with Gasteiger partial charge in [0.25, 0.3) is 11.9 Å². The van der Waals surface area contributed by atoms with Gasteiger partial charge in [0.05, 0.1) is 17.5 Å². The average molecular weight is 467 g/mol. The monoisotopic (exact) mass is 466 g/mol. The summed E-state index contributed by atoms with van der Waals surface area (Å²) in [4.78, 5) is 17.3. The Balaban J connectivity index is 1.51. The highest BCUT2D eigenvalue weighted by Crippen LogP contribution is 2.30. The maximum absolute atomic E-state index is 13.0. The van der Waals surface area contributed by atoms with E-state index in [1.54, 1.807) is 47.0 Å². The molecular weight excluding hydrogens is 444 g/mol. The number of methoxy groups -OCH3 is 1. The summed E-state index contributed by atoms with van der Waals surface area (Å²) in [5, 5.41) is 11.6. The van der Waals surface area contributed by atoms with Crippen molar-refractivity contribution in [3.05, 3.63) is 48.0 Å². The maximum Gasteiger partial charge on any atom is 0.258 e. The Morgan fingerprint density at radius 2 is 1.88 bits per heavy atom. The summed E-state index contributed by atoms with van der Waals surface area (Å²) >= 11 is 0. The van der Waals surface area contributed by atoms with E-state index in [1.807, 2.05) is 7.05 Å². The Bertz CT molecular complexity index is 1490. The highest BCUT2D eigenvalue weighted by molar-refractivity contribution is 7.89. The fourth-order valence-electron chi connectivity index (χ4n) is 4.07. The molecule has 5 rings (SSSR count). The standard InChI is InChI=1S/C22H22N6O4S/c1-27-18-9-8-16(33(30,31)28-10-3-4-11-28)13-17(18)19-20(27)23-22(26-25-19)24-21(29)14-6-5-7-15(12-14)32-2/h5-9,12-13H,3-4,10-11H2,1-2H3,(H,23,24,26,29). The minimum atomic E-state index is -3.56. The number of anilines is 1. The number of ether oxygens (including phenoxy) is 1. The summed E-state index contributed by atoms with van der Waals surface area (Å²) in [6.07, 6.45) is 1.74. The minimum Gasteiger partial charge on any atom is -0.497 e. The van der Waals surface area contributed by atoms with Crippen molar-refractivity contribution in [3.8, 4) is 5.75 Å². The molecule has 1 N–H and O–H groups in total. The van der Waals surface area contributed by atoms with Gasteiger partial charge in [0.2, 0.25) is 10.0 Å². The summed E-state index contributed by atoms with van der Waals surface area (Å²) < 4.78 is 34.4. The molecule has 0 bridgehead atoms. The average Bonchev–Trinajstić information content (AvgIpc) is 3.47. The first-order chi connectivity index (χ1) is 15.9. The molecule has 170 valence electrons. The predicted molar refractivity (Wildman–Crippen MR) is 123 cm³/mol. The SMILES string of the molecule is COc1cccc(C(=O)Nc2nnc3c4cc(S(=O)(=O)N5CCCC5)ccc4n(C)c3n2)c1. The maximum atomic E-state index is 13.0. The van der Waals surface area contributed by atoms with Gasteiger partial charge < -0.3 is 9.30 Å². The fourth-order valence-corrected chi connectivity index (χ4v) is 5.61. The van der Waals surface area contributed by atoms with E-state index in [0.29, 0.717) is 41.0 Å². The second kappa shape index (κ2) is 8.09. The van der Waals surface area contributed by atoms with Crippen molar-refractivity contribution in [2.45, 2.75) is 17.7 Å². The zero-order valence-corrected chi connectivity index (χ0v) is 19.0. The van der Waals surface area contributed by atoms with Crippen LogP contribution in [0.2, 0.25) is 0 Å². The Morgan fingerprint density at radius 1 is 1.09 bits per heavy atom. The Hall–Kier alpha value is -3.57. The number of nitrogens with zero attached hydrogens (tertiary/aromatic N) is 5. The lowest BCUT2D eigenvalue weighted by Crippen LogP contribution is -2.27. The van der Waals surface area contributed by atoms with Gasteiger partial charge in [-0.3, -0.25) is 10.1 Å². The van der Waals surface area contributed by atoms with Crippen LogP contribution in [0.4, 0.5) is 5.95 Å². The van der Waals surface area contributed by atoms with Crippen molar-refractivity contribution in [2.75, 3.05) is 25.5 Å². The molecule has 4 aromatic rings. The van der Waals surface area contributed by atoms with Crippen molar-refractivity contribution in [1.29, 1.82) is 0 Å². The van der Waals surface area contributed by atoms with Crippen LogP contribution < -0.4 is 10.1 Å². The fraction of sp³-hybridized carbons (Fsp3) is 0.273. The summed E-state index contributed by atoms with van der Waals surface area (Å²) in [6, 6.07) is 11.7. The van der Waals surface area contributed by atoms with Crippen LogP contribution in [0.25, 0.3) is 22.1 Å². The molecule has 2 aromatic heterocycles. The highest BCUT2D eigenvalue weighted by Gasteiger charge is 2.28. The highest BCUT2D eigenvalue weighted by atomic mass is 32.2. The molecule has 0 spiro atoms. The van der Waals surface area contributed by atoms with Crippen molar-refractivity contribution in [1.82, 2.24) is 24.1 Å². The number of amides is 1. The van der Waals surface area contributed by atoms with Crippen LogP contribution in [0.3, 0.4) is 0 Å². The summed E-state index contributed by atoms with van der Waals surface area (Å²) in [6.45, 7) is 1.07. The van der Waals surface area contributed by atoms with Crippen molar-refractivity contribution in [3.63, 3.8) is 0 Å². The minimum absolute atomic E-state index is 0.0473. The first-order valence-electron chi connectivity index (χ1n) is 10.5. The number of hydrogen-bond donors (Lipinski definition) is 1. The van der Waals surface area contributed by atoms with Crippen LogP contribution in [-0.2, 0) is 17.1 Å². The van der Waals surface area contributed by atoms with E-state index < -0.39 is 15.9 Å². The second-order valence-corrected chi connectivity index (χ2v) is 9.78. The number of aryl methyl sites for hydroxylation is 1. The molecular formula is C22H22N6O4S. The van der Waals surface area contributed by atoms with Crippen molar-refractivity contribution < 1.29 is 17.9 Å². The molecule has 11 heteroatoms. The van der Waals surface area contributed by atoms with Crippen molar-refractivity contribution >= 4 is 43.9 Å². The Morgan fingerprint density at radius 3 is 2.64 bits per heavy atom. The lowest BCUT2D eigenvalue weighted by Gasteiger charge is -2.15. The van der Waals surface area contributed by atoms with Gasteiger partial charge in [-0.05, 0) is 49.2 Å².